The molecular formula is C10H14N3Na. The van der Waals surface area contributed by atoms with Gasteiger partial charge in [0.25, 0.3) is 0 Å². The summed E-state index contributed by atoms with van der Waals surface area (Å²) in [6.45, 7) is 2.20. The Balaban J connectivity index is 0.000000980. The van der Waals surface area contributed by atoms with E-state index in [1.54, 1.807) is 0 Å². The van der Waals surface area contributed by atoms with Gasteiger partial charge in [0.1, 0.15) is 5.52 Å². The average molecular weight is 199 g/mol. The van der Waals surface area contributed by atoms with E-state index in [0.29, 0.717) is 0 Å². The number of nitrogens with zero attached hydrogens (tertiary/aromatic N) is 2. The SMILES string of the molecule is CCCCc1ccc2[nH]nnc2c1.[NaH]. The number of rotatable bonds is 3. The van der Waals surface area contributed by atoms with E-state index in [1.165, 1.54) is 18.4 Å². The Morgan fingerprint density at radius 3 is 3.00 bits per heavy atom. The summed E-state index contributed by atoms with van der Waals surface area (Å²) in [5.74, 6) is 0. The van der Waals surface area contributed by atoms with E-state index >= 15 is 0 Å². The van der Waals surface area contributed by atoms with Crippen molar-refractivity contribution in [2.45, 2.75) is 26.2 Å². The van der Waals surface area contributed by atoms with Gasteiger partial charge in [-0.15, -0.1) is 5.10 Å². The van der Waals surface area contributed by atoms with Crippen LogP contribution in [0, 0.1) is 0 Å². The number of hydrogen-bond acceptors (Lipinski definition) is 2. The summed E-state index contributed by atoms with van der Waals surface area (Å²) in [5, 5.41) is 10.6. The fraction of sp³-hybridized carbons (Fsp3) is 0.400. The fourth-order valence-corrected chi connectivity index (χ4v) is 1.42. The van der Waals surface area contributed by atoms with Crippen LogP contribution in [-0.4, -0.2) is 45.0 Å². The second-order valence-corrected chi connectivity index (χ2v) is 3.27. The summed E-state index contributed by atoms with van der Waals surface area (Å²) in [4.78, 5) is 0. The van der Waals surface area contributed by atoms with Crippen molar-refractivity contribution in [1.29, 1.82) is 0 Å². The molecule has 0 atom stereocenters. The average Bonchev–Trinajstić information content (AvgIpc) is 2.61. The molecule has 0 amide bonds. The minimum atomic E-state index is 0. The summed E-state index contributed by atoms with van der Waals surface area (Å²) in [6, 6.07) is 6.28. The number of aromatic amines is 1. The van der Waals surface area contributed by atoms with Crippen molar-refractivity contribution in [3.05, 3.63) is 23.8 Å². The molecule has 2 aromatic rings. The Bertz CT molecular complexity index is 397. The third-order valence-corrected chi connectivity index (χ3v) is 2.21. The maximum absolute atomic E-state index is 3.98. The van der Waals surface area contributed by atoms with Crippen molar-refractivity contribution >= 4 is 40.6 Å². The van der Waals surface area contributed by atoms with Gasteiger partial charge in [-0.2, -0.15) is 0 Å². The van der Waals surface area contributed by atoms with Gasteiger partial charge in [-0.25, -0.2) is 0 Å². The van der Waals surface area contributed by atoms with Crippen molar-refractivity contribution in [2.75, 3.05) is 0 Å². The number of benzene rings is 1. The van der Waals surface area contributed by atoms with Crippen LogP contribution in [0.3, 0.4) is 0 Å². The van der Waals surface area contributed by atoms with E-state index in [2.05, 4.69) is 34.5 Å². The fourth-order valence-electron chi connectivity index (χ4n) is 1.42. The number of aromatic nitrogens is 3. The number of nitrogens with one attached hydrogen (secondary N) is 1. The Hall–Kier alpha value is -0.380. The molecule has 2 rings (SSSR count). The van der Waals surface area contributed by atoms with Crippen LogP contribution in [0.4, 0.5) is 0 Å². The van der Waals surface area contributed by atoms with Gasteiger partial charge in [-0.3, -0.25) is 5.10 Å². The van der Waals surface area contributed by atoms with Gasteiger partial charge in [-0.1, -0.05) is 24.6 Å². The van der Waals surface area contributed by atoms with Crippen LogP contribution >= 0.6 is 0 Å². The molecule has 1 aromatic heterocycles. The zero-order chi connectivity index (χ0) is 9.10. The van der Waals surface area contributed by atoms with E-state index in [9.17, 15) is 0 Å². The standard InChI is InChI=1S/C10H13N3.Na.H/c1-2-3-4-8-5-6-9-10(7-8)12-13-11-9;;/h5-7H,2-4H2,1H3,(H,11,12,13);;. The van der Waals surface area contributed by atoms with E-state index in [-0.39, 0.29) is 29.6 Å². The molecule has 0 aliphatic carbocycles. The first-order valence-corrected chi connectivity index (χ1v) is 4.70. The van der Waals surface area contributed by atoms with Gasteiger partial charge in [0, 0.05) is 0 Å². The molecule has 0 radical (unpaired) electrons. The monoisotopic (exact) mass is 199 g/mol. The Labute approximate surface area is 106 Å². The van der Waals surface area contributed by atoms with E-state index in [0.717, 1.165) is 17.5 Å². The molecule has 4 heteroatoms. The van der Waals surface area contributed by atoms with E-state index in [4.69, 9.17) is 0 Å². The molecule has 0 saturated carbocycles. The molecule has 70 valence electrons. The third-order valence-electron chi connectivity index (χ3n) is 2.21. The third kappa shape index (κ3) is 2.56. The summed E-state index contributed by atoms with van der Waals surface area (Å²) >= 11 is 0. The van der Waals surface area contributed by atoms with Crippen LogP contribution in [0.2, 0.25) is 0 Å². The number of hydrogen-bond donors (Lipinski definition) is 1. The van der Waals surface area contributed by atoms with Gasteiger partial charge in [0.2, 0.25) is 0 Å². The first-order valence-electron chi connectivity index (χ1n) is 4.70. The van der Waals surface area contributed by atoms with Gasteiger partial charge in [0.15, 0.2) is 0 Å². The van der Waals surface area contributed by atoms with Crippen molar-refractivity contribution < 1.29 is 0 Å². The van der Waals surface area contributed by atoms with Crippen molar-refractivity contribution in [1.82, 2.24) is 15.4 Å². The molecule has 3 nitrogen and oxygen atoms in total. The summed E-state index contributed by atoms with van der Waals surface area (Å²) < 4.78 is 0. The number of aryl methyl sites for hydroxylation is 1. The topological polar surface area (TPSA) is 41.6 Å². The van der Waals surface area contributed by atoms with Gasteiger partial charge < -0.3 is 0 Å². The van der Waals surface area contributed by atoms with Gasteiger partial charge in [-0.05, 0) is 30.5 Å². The molecule has 0 bridgehead atoms. The predicted molar refractivity (Wildman–Crippen MR) is 59.6 cm³/mol. The van der Waals surface area contributed by atoms with Crippen LogP contribution in [-0.2, 0) is 6.42 Å². The van der Waals surface area contributed by atoms with Crippen molar-refractivity contribution in [3.63, 3.8) is 0 Å². The van der Waals surface area contributed by atoms with E-state index in [1.807, 2.05) is 6.07 Å². The summed E-state index contributed by atoms with van der Waals surface area (Å²) in [6.07, 6.45) is 3.61. The molecule has 0 fully saturated rings. The normalized spacial score (nSPS) is 10.1. The zero-order valence-electron chi connectivity index (χ0n) is 7.75. The molecule has 1 N–H and O–H groups in total. The second kappa shape index (κ2) is 5.49. The Kier molecular flexibility index (Phi) is 4.58. The summed E-state index contributed by atoms with van der Waals surface area (Å²) in [5.41, 5.74) is 3.33. The van der Waals surface area contributed by atoms with E-state index < -0.39 is 0 Å². The first kappa shape index (κ1) is 11.7. The number of fused-ring (bicyclic) bond motifs is 1. The van der Waals surface area contributed by atoms with Crippen LogP contribution in [0.15, 0.2) is 18.2 Å². The quantitative estimate of drug-likeness (QED) is 0.764. The molecule has 1 heterocycles. The maximum atomic E-state index is 3.98. The molecule has 1 aromatic carbocycles. The molecule has 0 unspecified atom stereocenters. The second-order valence-electron chi connectivity index (χ2n) is 3.27. The number of H-pyrrole nitrogens is 1. The Morgan fingerprint density at radius 2 is 2.21 bits per heavy atom. The van der Waals surface area contributed by atoms with Crippen molar-refractivity contribution in [3.8, 4) is 0 Å². The summed E-state index contributed by atoms with van der Waals surface area (Å²) in [7, 11) is 0. The molecule has 0 aliphatic heterocycles. The minimum absolute atomic E-state index is 0. The zero-order valence-corrected chi connectivity index (χ0v) is 7.75. The van der Waals surface area contributed by atoms with Gasteiger partial charge in [0.05, 0.1) is 5.52 Å². The van der Waals surface area contributed by atoms with Crippen LogP contribution in [0.1, 0.15) is 25.3 Å². The number of unbranched alkanes of at least 4 members (excludes halogenated alkanes) is 1. The molecule has 14 heavy (non-hydrogen) atoms. The van der Waals surface area contributed by atoms with Crippen LogP contribution < -0.4 is 0 Å². The first-order chi connectivity index (χ1) is 6.40. The van der Waals surface area contributed by atoms with Gasteiger partial charge >= 0.3 is 29.6 Å². The molecule has 0 saturated heterocycles. The van der Waals surface area contributed by atoms with Crippen LogP contribution in [0.25, 0.3) is 11.0 Å². The van der Waals surface area contributed by atoms with Crippen molar-refractivity contribution in [2.24, 2.45) is 0 Å². The Morgan fingerprint density at radius 1 is 1.36 bits per heavy atom. The van der Waals surface area contributed by atoms with Crippen LogP contribution in [0.5, 0.6) is 0 Å². The predicted octanol–water partition coefficient (Wildman–Crippen LogP) is 1.65. The molecule has 0 aliphatic rings. The molecule has 0 spiro atoms. The molecular weight excluding hydrogens is 185 g/mol.